The highest BCUT2D eigenvalue weighted by atomic mass is 16.4. The van der Waals surface area contributed by atoms with E-state index in [2.05, 4.69) is 5.32 Å². The van der Waals surface area contributed by atoms with Gasteiger partial charge in [-0.15, -0.1) is 0 Å². The van der Waals surface area contributed by atoms with E-state index in [4.69, 9.17) is 9.52 Å². The van der Waals surface area contributed by atoms with Gasteiger partial charge >= 0.3 is 5.97 Å². The number of benzene rings is 1. The number of carbonyl (C=O) groups is 2. The number of nitrogens with one attached hydrogen (secondary N) is 1. The molecule has 1 unspecified atom stereocenters. The molecule has 0 fully saturated rings. The molecule has 1 amide bonds. The summed E-state index contributed by atoms with van der Waals surface area (Å²) in [5, 5.41) is 11.8. The fourth-order valence-corrected chi connectivity index (χ4v) is 2.40. The number of aryl methyl sites for hydroxylation is 1. The first-order valence-electron chi connectivity index (χ1n) is 7.18. The summed E-state index contributed by atoms with van der Waals surface area (Å²) in [6.45, 7) is 3.72. The first-order chi connectivity index (χ1) is 10.5. The largest absolute Gasteiger partial charge is 0.478 e. The summed E-state index contributed by atoms with van der Waals surface area (Å²) in [4.78, 5) is 23.3. The molecule has 0 aliphatic rings. The second kappa shape index (κ2) is 6.93. The highest BCUT2D eigenvalue weighted by Gasteiger charge is 2.19. The van der Waals surface area contributed by atoms with Gasteiger partial charge in [-0.2, -0.15) is 0 Å². The third-order valence-electron chi connectivity index (χ3n) is 3.56. The second-order valence-electron chi connectivity index (χ2n) is 5.08. The van der Waals surface area contributed by atoms with Crippen molar-refractivity contribution in [3.8, 4) is 0 Å². The van der Waals surface area contributed by atoms with Gasteiger partial charge in [-0.25, -0.2) is 4.79 Å². The average molecular weight is 301 g/mol. The summed E-state index contributed by atoms with van der Waals surface area (Å²) >= 11 is 0. The van der Waals surface area contributed by atoms with Gasteiger partial charge in [0, 0.05) is 0 Å². The lowest BCUT2D eigenvalue weighted by atomic mass is 9.96. The lowest BCUT2D eigenvalue weighted by molar-refractivity contribution is -0.122. The van der Waals surface area contributed by atoms with Crippen LogP contribution in [0.5, 0.6) is 0 Å². The van der Waals surface area contributed by atoms with Gasteiger partial charge in [0.15, 0.2) is 0 Å². The van der Waals surface area contributed by atoms with Crippen molar-refractivity contribution in [2.45, 2.75) is 32.7 Å². The minimum absolute atomic E-state index is 0.0976. The first-order valence-corrected chi connectivity index (χ1v) is 7.18. The summed E-state index contributed by atoms with van der Waals surface area (Å²) in [5.74, 6) is -0.580. The molecule has 0 spiro atoms. The van der Waals surface area contributed by atoms with Crippen LogP contribution in [0.1, 0.15) is 46.7 Å². The average Bonchev–Trinajstić information content (AvgIpc) is 2.88. The lowest BCUT2D eigenvalue weighted by Gasteiger charge is -2.14. The van der Waals surface area contributed by atoms with Gasteiger partial charge in [-0.3, -0.25) is 4.79 Å². The van der Waals surface area contributed by atoms with E-state index in [-0.39, 0.29) is 23.9 Å². The van der Waals surface area contributed by atoms with Crippen molar-refractivity contribution in [3.05, 3.63) is 59.0 Å². The van der Waals surface area contributed by atoms with Crippen molar-refractivity contribution in [2.75, 3.05) is 0 Å². The predicted octanol–water partition coefficient (Wildman–Crippen LogP) is 3.10. The molecular formula is C17H19NO4. The molecule has 0 aliphatic carbocycles. The maximum atomic E-state index is 12.3. The zero-order chi connectivity index (χ0) is 16.1. The van der Waals surface area contributed by atoms with Crippen molar-refractivity contribution in [1.82, 2.24) is 5.32 Å². The topological polar surface area (TPSA) is 79.5 Å². The standard InChI is InChI=1S/C17H19NO4/c1-3-14(12-7-5-4-6-8-12)16(19)18-10-13-9-15(17(20)21)11(2)22-13/h4-9,14H,3,10H2,1-2H3,(H,18,19)(H,20,21). The Morgan fingerprint density at radius 2 is 1.95 bits per heavy atom. The third kappa shape index (κ3) is 3.55. The van der Waals surface area contributed by atoms with Crippen LogP contribution in [-0.4, -0.2) is 17.0 Å². The number of furan rings is 1. The monoisotopic (exact) mass is 301 g/mol. The second-order valence-corrected chi connectivity index (χ2v) is 5.08. The van der Waals surface area contributed by atoms with E-state index >= 15 is 0 Å². The highest BCUT2D eigenvalue weighted by Crippen LogP contribution is 2.20. The van der Waals surface area contributed by atoms with Crippen LogP contribution in [0.25, 0.3) is 0 Å². The summed E-state index contributed by atoms with van der Waals surface area (Å²) in [7, 11) is 0. The minimum Gasteiger partial charge on any atom is -0.478 e. The fraction of sp³-hybridized carbons (Fsp3) is 0.294. The Bertz CT molecular complexity index is 661. The van der Waals surface area contributed by atoms with Crippen LogP contribution < -0.4 is 5.32 Å². The Hall–Kier alpha value is -2.56. The maximum Gasteiger partial charge on any atom is 0.339 e. The normalized spacial score (nSPS) is 11.9. The molecule has 2 aromatic rings. The number of rotatable bonds is 6. The van der Waals surface area contributed by atoms with E-state index in [1.165, 1.54) is 6.07 Å². The first kappa shape index (κ1) is 15.8. The van der Waals surface area contributed by atoms with Crippen molar-refractivity contribution in [3.63, 3.8) is 0 Å². The molecule has 5 heteroatoms. The number of carboxylic acid groups (broad SMARTS) is 1. The van der Waals surface area contributed by atoms with Crippen molar-refractivity contribution in [1.29, 1.82) is 0 Å². The molecule has 1 atom stereocenters. The van der Waals surface area contributed by atoms with E-state index in [1.807, 2.05) is 37.3 Å². The molecule has 0 saturated carbocycles. The molecule has 0 aliphatic heterocycles. The van der Waals surface area contributed by atoms with E-state index in [0.29, 0.717) is 17.9 Å². The minimum atomic E-state index is -1.03. The van der Waals surface area contributed by atoms with Crippen LogP contribution in [0.15, 0.2) is 40.8 Å². The Labute approximate surface area is 129 Å². The number of carboxylic acids is 1. The van der Waals surface area contributed by atoms with Crippen LogP contribution >= 0.6 is 0 Å². The molecule has 0 saturated heterocycles. The third-order valence-corrected chi connectivity index (χ3v) is 3.56. The zero-order valence-corrected chi connectivity index (χ0v) is 12.6. The van der Waals surface area contributed by atoms with Gasteiger partial charge in [-0.1, -0.05) is 37.3 Å². The molecule has 1 aromatic heterocycles. The number of aromatic carboxylic acids is 1. The Balaban J connectivity index is 2.03. The van der Waals surface area contributed by atoms with Crippen LogP contribution in [0.2, 0.25) is 0 Å². The molecular weight excluding hydrogens is 282 g/mol. The molecule has 0 bridgehead atoms. The number of carbonyl (C=O) groups excluding carboxylic acids is 1. The molecule has 1 heterocycles. The summed E-state index contributed by atoms with van der Waals surface area (Å²) in [5.41, 5.74) is 1.09. The molecule has 1 aromatic carbocycles. The van der Waals surface area contributed by atoms with Crippen LogP contribution in [0, 0.1) is 6.92 Å². The van der Waals surface area contributed by atoms with E-state index in [0.717, 1.165) is 5.56 Å². The number of hydrogen-bond donors (Lipinski definition) is 2. The number of amides is 1. The van der Waals surface area contributed by atoms with Gasteiger partial charge in [0.1, 0.15) is 17.1 Å². The van der Waals surface area contributed by atoms with Crippen LogP contribution in [0.3, 0.4) is 0 Å². The summed E-state index contributed by atoms with van der Waals surface area (Å²) < 4.78 is 5.35. The van der Waals surface area contributed by atoms with Crippen molar-refractivity contribution < 1.29 is 19.1 Å². The molecule has 5 nitrogen and oxygen atoms in total. The Morgan fingerprint density at radius 1 is 1.27 bits per heavy atom. The highest BCUT2D eigenvalue weighted by molar-refractivity contribution is 5.89. The van der Waals surface area contributed by atoms with Gasteiger partial charge < -0.3 is 14.8 Å². The summed E-state index contributed by atoms with van der Waals surface area (Å²) in [6, 6.07) is 11.0. The van der Waals surface area contributed by atoms with Crippen molar-refractivity contribution in [2.24, 2.45) is 0 Å². The SMILES string of the molecule is CCC(C(=O)NCc1cc(C(=O)O)c(C)o1)c1ccccc1. The lowest BCUT2D eigenvalue weighted by Crippen LogP contribution is -2.28. The molecule has 22 heavy (non-hydrogen) atoms. The molecule has 116 valence electrons. The zero-order valence-electron chi connectivity index (χ0n) is 12.6. The van der Waals surface area contributed by atoms with Crippen LogP contribution in [-0.2, 0) is 11.3 Å². The van der Waals surface area contributed by atoms with Gasteiger partial charge in [0.25, 0.3) is 0 Å². The van der Waals surface area contributed by atoms with Crippen LogP contribution in [0.4, 0.5) is 0 Å². The molecule has 2 N–H and O–H groups in total. The Kier molecular flexibility index (Phi) is 4.99. The molecule has 0 radical (unpaired) electrons. The maximum absolute atomic E-state index is 12.3. The van der Waals surface area contributed by atoms with Gasteiger partial charge in [-0.05, 0) is 25.0 Å². The van der Waals surface area contributed by atoms with E-state index in [1.54, 1.807) is 6.92 Å². The Morgan fingerprint density at radius 3 is 2.50 bits per heavy atom. The number of hydrogen-bond acceptors (Lipinski definition) is 3. The van der Waals surface area contributed by atoms with Gasteiger partial charge in [0.05, 0.1) is 12.5 Å². The molecule has 2 rings (SSSR count). The smallest absolute Gasteiger partial charge is 0.339 e. The van der Waals surface area contributed by atoms with E-state index in [9.17, 15) is 9.59 Å². The summed E-state index contributed by atoms with van der Waals surface area (Å²) in [6.07, 6.45) is 0.688. The van der Waals surface area contributed by atoms with E-state index < -0.39 is 5.97 Å². The van der Waals surface area contributed by atoms with Crippen molar-refractivity contribution >= 4 is 11.9 Å². The quantitative estimate of drug-likeness (QED) is 0.859. The predicted molar refractivity (Wildman–Crippen MR) is 81.7 cm³/mol. The fourth-order valence-electron chi connectivity index (χ4n) is 2.40. The van der Waals surface area contributed by atoms with Gasteiger partial charge in [0.2, 0.25) is 5.91 Å².